The number of fused-ring (bicyclic) bond motifs is 1. The Bertz CT molecular complexity index is 704. The number of Topliss-reactive ketones (excluding diaryl/α,β-unsaturated/α-hetero) is 1. The Morgan fingerprint density at radius 1 is 1.26 bits per heavy atom. The van der Waals surface area contributed by atoms with Crippen molar-refractivity contribution in [3.05, 3.63) is 41.8 Å². The van der Waals surface area contributed by atoms with Gasteiger partial charge in [0.15, 0.2) is 0 Å². The van der Waals surface area contributed by atoms with E-state index in [9.17, 15) is 9.18 Å². The van der Waals surface area contributed by atoms with Gasteiger partial charge in [-0.15, -0.1) is 0 Å². The minimum Gasteiger partial charge on any atom is -0.299 e. The standard InChI is InChI=1S/C20H24FNO/c1-3-20(23)13(2)14-4-6-15(7-5-14)17-10-11-22-19-9-8-16(21)12-18(17)19/h8-15H,3-7H2,1-2H3. The average Bonchev–Trinajstić information content (AvgIpc) is 2.60. The van der Waals surface area contributed by atoms with E-state index in [-0.39, 0.29) is 11.7 Å². The third kappa shape index (κ3) is 3.29. The smallest absolute Gasteiger partial charge is 0.135 e. The van der Waals surface area contributed by atoms with Crippen LogP contribution in [0.1, 0.15) is 57.4 Å². The van der Waals surface area contributed by atoms with E-state index in [1.165, 1.54) is 11.6 Å². The molecule has 122 valence electrons. The Morgan fingerprint density at radius 2 is 2.00 bits per heavy atom. The summed E-state index contributed by atoms with van der Waals surface area (Å²) in [6, 6.07) is 6.86. The summed E-state index contributed by atoms with van der Waals surface area (Å²) in [5, 5.41) is 0.939. The van der Waals surface area contributed by atoms with Gasteiger partial charge in [-0.1, -0.05) is 13.8 Å². The van der Waals surface area contributed by atoms with Gasteiger partial charge >= 0.3 is 0 Å². The summed E-state index contributed by atoms with van der Waals surface area (Å²) in [5.74, 6) is 1.30. The lowest BCUT2D eigenvalue weighted by Crippen LogP contribution is -2.24. The monoisotopic (exact) mass is 313 g/mol. The summed E-state index contributed by atoms with van der Waals surface area (Å²) in [7, 11) is 0. The molecule has 0 bridgehead atoms. The Balaban J connectivity index is 1.78. The molecule has 1 aromatic heterocycles. The number of rotatable bonds is 4. The number of hydrogen-bond donors (Lipinski definition) is 0. The van der Waals surface area contributed by atoms with Crippen molar-refractivity contribution in [2.45, 2.75) is 51.9 Å². The van der Waals surface area contributed by atoms with Crippen LogP contribution >= 0.6 is 0 Å². The fourth-order valence-corrected chi connectivity index (χ4v) is 4.01. The number of carbonyl (C=O) groups is 1. The zero-order valence-corrected chi connectivity index (χ0v) is 13.9. The molecule has 0 spiro atoms. The van der Waals surface area contributed by atoms with E-state index in [1.807, 2.05) is 19.2 Å². The van der Waals surface area contributed by atoms with Gasteiger partial charge in [0.2, 0.25) is 0 Å². The van der Waals surface area contributed by atoms with Crippen molar-refractivity contribution in [3.8, 4) is 0 Å². The average molecular weight is 313 g/mol. The molecule has 1 fully saturated rings. The van der Waals surface area contributed by atoms with Crippen LogP contribution in [-0.2, 0) is 4.79 Å². The van der Waals surface area contributed by atoms with Crippen LogP contribution in [0.2, 0.25) is 0 Å². The summed E-state index contributed by atoms with van der Waals surface area (Å²) < 4.78 is 13.6. The lowest BCUT2D eigenvalue weighted by molar-refractivity contribution is -0.124. The van der Waals surface area contributed by atoms with Gasteiger partial charge in [-0.3, -0.25) is 9.78 Å². The molecule has 3 rings (SSSR count). The van der Waals surface area contributed by atoms with Crippen LogP contribution in [0, 0.1) is 17.7 Å². The summed E-state index contributed by atoms with van der Waals surface area (Å²) in [5.41, 5.74) is 2.07. The molecule has 1 aliphatic carbocycles. The Kier molecular flexibility index (Phi) is 4.74. The summed E-state index contributed by atoms with van der Waals surface area (Å²) in [4.78, 5) is 16.3. The SMILES string of the molecule is CCC(=O)C(C)C1CCC(c2ccnc3ccc(F)cc23)CC1. The van der Waals surface area contributed by atoms with Crippen LogP contribution in [0.15, 0.2) is 30.5 Å². The highest BCUT2D eigenvalue weighted by molar-refractivity contribution is 5.82. The number of ketones is 1. The molecule has 1 atom stereocenters. The molecule has 1 heterocycles. The predicted molar refractivity (Wildman–Crippen MR) is 90.9 cm³/mol. The Hall–Kier alpha value is -1.77. The van der Waals surface area contributed by atoms with Crippen molar-refractivity contribution in [1.29, 1.82) is 0 Å². The van der Waals surface area contributed by atoms with Crippen LogP contribution in [0.4, 0.5) is 4.39 Å². The zero-order valence-electron chi connectivity index (χ0n) is 13.9. The first-order valence-electron chi connectivity index (χ1n) is 8.67. The second kappa shape index (κ2) is 6.77. The minimum absolute atomic E-state index is 0.174. The van der Waals surface area contributed by atoms with E-state index < -0.39 is 0 Å². The largest absolute Gasteiger partial charge is 0.299 e. The molecular weight excluding hydrogens is 289 g/mol. The second-order valence-corrected chi connectivity index (χ2v) is 6.78. The number of hydrogen-bond acceptors (Lipinski definition) is 2. The fourth-order valence-electron chi connectivity index (χ4n) is 4.01. The summed E-state index contributed by atoms with van der Waals surface area (Å²) in [6.45, 7) is 4.02. The van der Waals surface area contributed by atoms with Gasteiger partial charge < -0.3 is 0 Å². The highest BCUT2D eigenvalue weighted by atomic mass is 19.1. The number of carbonyl (C=O) groups excluding carboxylic acids is 1. The van der Waals surface area contributed by atoms with E-state index >= 15 is 0 Å². The van der Waals surface area contributed by atoms with Gasteiger partial charge in [-0.2, -0.15) is 0 Å². The van der Waals surface area contributed by atoms with Gasteiger partial charge in [0.05, 0.1) is 5.52 Å². The zero-order chi connectivity index (χ0) is 16.4. The summed E-state index contributed by atoms with van der Waals surface area (Å²) in [6.07, 6.45) is 6.76. The highest BCUT2D eigenvalue weighted by Gasteiger charge is 2.29. The first-order chi connectivity index (χ1) is 11.1. The van der Waals surface area contributed by atoms with Gasteiger partial charge in [0.25, 0.3) is 0 Å². The molecule has 1 aliphatic rings. The number of halogens is 1. The molecule has 1 saturated carbocycles. The molecule has 0 N–H and O–H groups in total. The van der Waals surface area contributed by atoms with Crippen molar-refractivity contribution in [1.82, 2.24) is 4.98 Å². The van der Waals surface area contributed by atoms with Crippen molar-refractivity contribution in [3.63, 3.8) is 0 Å². The molecule has 0 amide bonds. The normalized spacial score (nSPS) is 22.9. The third-order valence-corrected chi connectivity index (χ3v) is 5.51. The quantitative estimate of drug-likeness (QED) is 0.770. The molecule has 1 aromatic carbocycles. The van der Waals surface area contributed by atoms with Crippen molar-refractivity contribution in [2.75, 3.05) is 0 Å². The number of benzene rings is 1. The van der Waals surface area contributed by atoms with E-state index in [0.29, 0.717) is 24.0 Å². The lowest BCUT2D eigenvalue weighted by atomic mass is 9.72. The van der Waals surface area contributed by atoms with Gasteiger partial charge in [-0.05, 0) is 67.3 Å². The molecule has 0 saturated heterocycles. The van der Waals surface area contributed by atoms with Crippen molar-refractivity contribution >= 4 is 16.7 Å². The number of aromatic nitrogens is 1. The van der Waals surface area contributed by atoms with E-state index in [0.717, 1.165) is 36.6 Å². The Morgan fingerprint density at radius 3 is 2.70 bits per heavy atom. The third-order valence-electron chi connectivity index (χ3n) is 5.51. The molecule has 23 heavy (non-hydrogen) atoms. The van der Waals surface area contributed by atoms with E-state index in [2.05, 4.69) is 11.9 Å². The Labute approximate surface area is 137 Å². The van der Waals surface area contributed by atoms with Crippen LogP contribution in [0.5, 0.6) is 0 Å². The number of nitrogens with zero attached hydrogens (tertiary/aromatic N) is 1. The van der Waals surface area contributed by atoms with Crippen LogP contribution in [0.25, 0.3) is 10.9 Å². The maximum atomic E-state index is 13.6. The van der Waals surface area contributed by atoms with Crippen molar-refractivity contribution < 1.29 is 9.18 Å². The van der Waals surface area contributed by atoms with E-state index in [4.69, 9.17) is 0 Å². The predicted octanol–water partition coefficient (Wildman–Crippen LogP) is 5.26. The van der Waals surface area contributed by atoms with Gasteiger partial charge in [-0.25, -0.2) is 4.39 Å². The molecule has 2 aromatic rings. The van der Waals surface area contributed by atoms with Crippen LogP contribution in [-0.4, -0.2) is 10.8 Å². The van der Waals surface area contributed by atoms with Crippen LogP contribution < -0.4 is 0 Å². The first-order valence-corrected chi connectivity index (χ1v) is 8.67. The van der Waals surface area contributed by atoms with E-state index in [1.54, 1.807) is 12.1 Å². The van der Waals surface area contributed by atoms with Crippen molar-refractivity contribution in [2.24, 2.45) is 11.8 Å². The molecule has 1 unspecified atom stereocenters. The van der Waals surface area contributed by atoms with Gasteiger partial charge in [0.1, 0.15) is 11.6 Å². The number of pyridine rings is 1. The topological polar surface area (TPSA) is 30.0 Å². The van der Waals surface area contributed by atoms with Gasteiger partial charge in [0, 0.05) is 23.9 Å². The minimum atomic E-state index is -0.206. The molecule has 2 nitrogen and oxygen atoms in total. The second-order valence-electron chi connectivity index (χ2n) is 6.78. The maximum Gasteiger partial charge on any atom is 0.135 e. The first kappa shape index (κ1) is 16.1. The molecular formula is C20H24FNO. The molecule has 3 heteroatoms. The molecule has 0 radical (unpaired) electrons. The van der Waals surface area contributed by atoms with Crippen LogP contribution in [0.3, 0.4) is 0 Å². The fraction of sp³-hybridized carbons (Fsp3) is 0.500. The lowest BCUT2D eigenvalue weighted by Gasteiger charge is -2.32. The highest BCUT2D eigenvalue weighted by Crippen LogP contribution is 2.41. The molecule has 0 aliphatic heterocycles. The summed E-state index contributed by atoms with van der Waals surface area (Å²) >= 11 is 0. The maximum absolute atomic E-state index is 13.6.